The Morgan fingerprint density at radius 1 is 1.43 bits per heavy atom. The van der Waals surface area contributed by atoms with Gasteiger partial charge in [-0.15, -0.1) is 0 Å². The molecule has 14 heavy (non-hydrogen) atoms. The summed E-state index contributed by atoms with van der Waals surface area (Å²) >= 11 is 6.20. The first kappa shape index (κ1) is 9.87. The van der Waals surface area contributed by atoms with Gasteiger partial charge in [-0.1, -0.05) is 18.5 Å². The molecule has 1 aromatic rings. The average Bonchev–Trinajstić information content (AvgIpc) is 2.88. The van der Waals surface area contributed by atoms with Gasteiger partial charge < -0.3 is 5.73 Å². The highest BCUT2D eigenvalue weighted by Gasteiger charge is 2.43. The number of nitrogens with two attached hydrogens (primary N) is 1. The molecule has 0 aliphatic heterocycles. The smallest absolute Gasteiger partial charge is 0.125 e. The summed E-state index contributed by atoms with van der Waals surface area (Å²) in [7, 11) is 0. The van der Waals surface area contributed by atoms with Crippen LogP contribution in [0.25, 0.3) is 0 Å². The lowest BCUT2D eigenvalue weighted by Gasteiger charge is -2.13. The number of hydrogen-bond acceptors (Lipinski definition) is 3. The van der Waals surface area contributed by atoms with Gasteiger partial charge in [0.05, 0.1) is 21.9 Å². The van der Waals surface area contributed by atoms with Gasteiger partial charge in [-0.25, -0.2) is 9.97 Å². The molecule has 0 aromatic carbocycles. The summed E-state index contributed by atoms with van der Waals surface area (Å²) < 4.78 is 0. The summed E-state index contributed by atoms with van der Waals surface area (Å²) in [6.45, 7) is 3.91. The molecule has 0 unspecified atom stereocenters. The molecule has 0 saturated heterocycles. The molecule has 2 N–H and O–H groups in total. The van der Waals surface area contributed by atoms with Gasteiger partial charge in [-0.3, -0.25) is 0 Å². The number of aryl methyl sites for hydroxylation is 2. The normalized spacial score (nSPS) is 18.3. The van der Waals surface area contributed by atoms with Crippen LogP contribution >= 0.6 is 11.6 Å². The Labute approximate surface area is 88.7 Å². The summed E-state index contributed by atoms with van der Waals surface area (Å²) in [5, 5.41) is 0.665. The Morgan fingerprint density at radius 2 is 2.07 bits per heavy atom. The summed E-state index contributed by atoms with van der Waals surface area (Å²) in [6.07, 6.45) is 2.78. The fraction of sp³-hybridized carbons (Fsp3) is 0.600. The minimum atomic E-state index is -0.269. The molecule has 1 heterocycles. The summed E-state index contributed by atoms with van der Waals surface area (Å²) in [6, 6.07) is 0. The second-order valence-corrected chi connectivity index (χ2v) is 4.27. The molecule has 1 aliphatic rings. The maximum atomic E-state index is 6.20. The minimum absolute atomic E-state index is 0.269. The van der Waals surface area contributed by atoms with E-state index in [9.17, 15) is 0 Å². The van der Waals surface area contributed by atoms with E-state index in [1.165, 1.54) is 0 Å². The monoisotopic (exact) mass is 211 g/mol. The Morgan fingerprint density at radius 3 is 2.57 bits per heavy atom. The Kier molecular flexibility index (Phi) is 2.24. The van der Waals surface area contributed by atoms with Crippen molar-refractivity contribution in [2.45, 2.75) is 38.6 Å². The molecule has 1 aliphatic carbocycles. The van der Waals surface area contributed by atoms with Crippen LogP contribution in [0.2, 0.25) is 5.02 Å². The molecule has 0 atom stereocenters. The van der Waals surface area contributed by atoms with Crippen LogP contribution in [0, 0.1) is 6.92 Å². The first-order valence-electron chi connectivity index (χ1n) is 4.89. The predicted octanol–water partition coefficient (Wildman–Crippen LogP) is 1.95. The third-order valence-electron chi connectivity index (χ3n) is 2.63. The fourth-order valence-corrected chi connectivity index (χ4v) is 1.96. The van der Waals surface area contributed by atoms with E-state index >= 15 is 0 Å². The highest BCUT2D eigenvalue weighted by molar-refractivity contribution is 6.32. The van der Waals surface area contributed by atoms with E-state index in [-0.39, 0.29) is 5.54 Å². The van der Waals surface area contributed by atoms with E-state index < -0.39 is 0 Å². The molecule has 76 valence electrons. The van der Waals surface area contributed by atoms with Crippen LogP contribution in [0.3, 0.4) is 0 Å². The second-order valence-electron chi connectivity index (χ2n) is 3.89. The molecular formula is C10H14ClN3. The van der Waals surface area contributed by atoms with Crippen molar-refractivity contribution in [3.8, 4) is 0 Å². The lowest BCUT2D eigenvalue weighted by Crippen LogP contribution is -2.22. The van der Waals surface area contributed by atoms with Gasteiger partial charge in [-0.05, 0) is 26.2 Å². The lowest BCUT2D eigenvalue weighted by atomic mass is 10.1. The molecule has 2 rings (SSSR count). The Bertz CT molecular complexity index is 372. The molecule has 0 bridgehead atoms. The quantitative estimate of drug-likeness (QED) is 0.814. The largest absolute Gasteiger partial charge is 0.320 e. The summed E-state index contributed by atoms with van der Waals surface area (Å²) in [4.78, 5) is 8.64. The number of aromatic nitrogens is 2. The van der Waals surface area contributed by atoms with Gasteiger partial charge >= 0.3 is 0 Å². The van der Waals surface area contributed by atoms with Crippen LogP contribution in [0.15, 0.2) is 0 Å². The Balaban J connectivity index is 2.54. The van der Waals surface area contributed by atoms with Crippen molar-refractivity contribution in [3.63, 3.8) is 0 Å². The molecule has 0 spiro atoms. The third-order valence-corrected chi connectivity index (χ3v) is 3.02. The van der Waals surface area contributed by atoms with E-state index in [1.807, 2.05) is 13.8 Å². The lowest BCUT2D eigenvalue weighted by molar-refractivity contribution is 0.692. The van der Waals surface area contributed by atoms with E-state index in [2.05, 4.69) is 9.97 Å². The van der Waals surface area contributed by atoms with Crippen molar-refractivity contribution >= 4 is 11.6 Å². The molecule has 1 fully saturated rings. The third kappa shape index (κ3) is 1.51. The van der Waals surface area contributed by atoms with Crippen molar-refractivity contribution in [2.75, 3.05) is 0 Å². The zero-order valence-electron chi connectivity index (χ0n) is 8.47. The number of halogens is 1. The molecular weight excluding hydrogens is 198 g/mol. The predicted molar refractivity (Wildman–Crippen MR) is 56.3 cm³/mol. The SMILES string of the molecule is CCc1nc(C)nc(C2(N)CC2)c1Cl. The highest BCUT2D eigenvalue weighted by Crippen LogP contribution is 2.44. The fourth-order valence-electron chi connectivity index (χ4n) is 1.55. The zero-order chi connectivity index (χ0) is 10.3. The average molecular weight is 212 g/mol. The van der Waals surface area contributed by atoms with Gasteiger partial charge in [0.1, 0.15) is 5.82 Å². The molecule has 1 saturated carbocycles. The standard InChI is InChI=1S/C10H14ClN3/c1-3-7-8(11)9(10(12)4-5-10)14-6(2)13-7/h3-5,12H2,1-2H3. The van der Waals surface area contributed by atoms with Crippen LogP contribution in [-0.2, 0) is 12.0 Å². The van der Waals surface area contributed by atoms with Gasteiger partial charge in [0, 0.05) is 0 Å². The zero-order valence-corrected chi connectivity index (χ0v) is 9.23. The van der Waals surface area contributed by atoms with Gasteiger partial charge in [0.2, 0.25) is 0 Å². The first-order valence-corrected chi connectivity index (χ1v) is 5.27. The number of nitrogens with zero attached hydrogens (tertiary/aromatic N) is 2. The number of hydrogen-bond donors (Lipinski definition) is 1. The van der Waals surface area contributed by atoms with Crippen molar-refractivity contribution < 1.29 is 0 Å². The maximum absolute atomic E-state index is 6.20. The van der Waals surface area contributed by atoms with E-state index in [4.69, 9.17) is 17.3 Å². The second kappa shape index (κ2) is 3.17. The Hall–Kier alpha value is -0.670. The van der Waals surface area contributed by atoms with Crippen molar-refractivity contribution in [1.82, 2.24) is 9.97 Å². The maximum Gasteiger partial charge on any atom is 0.125 e. The van der Waals surface area contributed by atoms with Crippen molar-refractivity contribution in [2.24, 2.45) is 5.73 Å². The van der Waals surface area contributed by atoms with Crippen molar-refractivity contribution in [1.29, 1.82) is 0 Å². The number of rotatable bonds is 2. The molecule has 4 heteroatoms. The van der Waals surface area contributed by atoms with Crippen molar-refractivity contribution in [3.05, 3.63) is 22.2 Å². The van der Waals surface area contributed by atoms with E-state index in [0.29, 0.717) is 5.02 Å². The summed E-state index contributed by atoms with van der Waals surface area (Å²) in [5.74, 6) is 0.762. The topological polar surface area (TPSA) is 51.8 Å². The van der Waals surface area contributed by atoms with Crippen LogP contribution in [-0.4, -0.2) is 9.97 Å². The first-order chi connectivity index (χ1) is 6.57. The highest BCUT2D eigenvalue weighted by atomic mass is 35.5. The van der Waals surface area contributed by atoms with Crippen LogP contribution in [0.4, 0.5) is 0 Å². The van der Waals surface area contributed by atoms with Crippen LogP contribution in [0.1, 0.15) is 37.0 Å². The van der Waals surface area contributed by atoms with E-state index in [0.717, 1.165) is 36.5 Å². The molecule has 3 nitrogen and oxygen atoms in total. The minimum Gasteiger partial charge on any atom is -0.320 e. The van der Waals surface area contributed by atoms with Gasteiger partial charge in [0.15, 0.2) is 0 Å². The van der Waals surface area contributed by atoms with Crippen LogP contribution in [0.5, 0.6) is 0 Å². The van der Waals surface area contributed by atoms with Crippen LogP contribution < -0.4 is 5.73 Å². The molecule has 0 radical (unpaired) electrons. The molecule has 1 aromatic heterocycles. The van der Waals surface area contributed by atoms with Gasteiger partial charge in [-0.2, -0.15) is 0 Å². The van der Waals surface area contributed by atoms with Gasteiger partial charge in [0.25, 0.3) is 0 Å². The summed E-state index contributed by atoms with van der Waals surface area (Å²) in [5.41, 5.74) is 7.56. The molecule has 0 amide bonds. The van der Waals surface area contributed by atoms with E-state index in [1.54, 1.807) is 0 Å².